The Kier molecular flexibility index (Phi) is 4.44. The summed E-state index contributed by atoms with van der Waals surface area (Å²) in [5.74, 6) is 0. The van der Waals surface area contributed by atoms with Gasteiger partial charge in [0.15, 0.2) is 0 Å². The first-order chi connectivity index (χ1) is 9.82. The summed E-state index contributed by atoms with van der Waals surface area (Å²) >= 11 is 11.7. The zero-order chi connectivity index (χ0) is 15.6. The van der Waals surface area contributed by atoms with Crippen LogP contribution in [0.2, 0.25) is 10.0 Å². The third kappa shape index (κ3) is 3.49. The lowest BCUT2D eigenvalue weighted by Crippen LogP contribution is -2.07. The summed E-state index contributed by atoms with van der Waals surface area (Å²) in [7, 11) is 0. The number of hydrogen-bond acceptors (Lipinski definition) is 2. The molecule has 0 saturated carbocycles. The van der Waals surface area contributed by atoms with Gasteiger partial charge in [0.1, 0.15) is 5.71 Å². The Morgan fingerprint density at radius 3 is 1.95 bits per heavy atom. The third-order valence-corrected chi connectivity index (χ3v) is 3.52. The molecule has 0 unspecified atom stereocenters. The zero-order valence-corrected chi connectivity index (χ0v) is 11.8. The van der Waals surface area contributed by atoms with Gasteiger partial charge in [-0.05, 0) is 24.3 Å². The van der Waals surface area contributed by atoms with E-state index in [1.165, 1.54) is 24.3 Å². The van der Waals surface area contributed by atoms with Crippen molar-refractivity contribution in [1.82, 2.24) is 0 Å². The van der Waals surface area contributed by atoms with Crippen LogP contribution in [0, 0.1) is 0 Å². The van der Waals surface area contributed by atoms with Crippen molar-refractivity contribution in [3.63, 3.8) is 0 Å². The Bertz CT molecular complexity index is 682. The van der Waals surface area contributed by atoms with Gasteiger partial charge in [-0.15, -0.1) is 0 Å². The number of halogens is 5. The molecule has 2 aromatic rings. The van der Waals surface area contributed by atoms with Crippen LogP contribution in [0.5, 0.6) is 0 Å². The first-order valence-corrected chi connectivity index (χ1v) is 6.43. The quantitative estimate of drug-likeness (QED) is 0.455. The fourth-order valence-corrected chi connectivity index (χ4v) is 2.04. The number of rotatable bonds is 2. The first-order valence-electron chi connectivity index (χ1n) is 5.68. The van der Waals surface area contributed by atoms with Gasteiger partial charge in [-0.3, -0.25) is 0 Å². The molecule has 0 heterocycles. The van der Waals surface area contributed by atoms with Crippen LogP contribution in [0.3, 0.4) is 0 Å². The van der Waals surface area contributed by atoms with Crippen LogP contribution < -0.4 is 0 Å². The lowest BCUT2D eigenvalue weighted by molar-refractivity contribution is -0.137. The largest absolute Gasteiger partial charge is 0.416 e. The molecule has 0 bridgehead atoms. The van der Waals surface area contributed by atoms with E-state index in [1.54, 1.807) is 6.07 Å². The fourth-order valence-electron chi connectivity index (χ4n) is 1.74. The standard InChI is InChI=1S/C14H8Cl2F3NO/c15-11-6-3-9(7-12(11)16)13(20-21)8-1-4-10(5-2-8)14(17,18)19/h1-7,21H/b20-13-. The summed E-state index contributed by atoms with van der Waals surface area (Å²) in [5, 5.41) is 12.8. The highest BCUT2D eigenvalue weighted by Gasteiger charge is 2.30. The maximum Gasteiger partial charge on any atom is 0.416 e. The minimum atomic E-state index is -4.42. The molecule has 2 rings (SSSR count). The highest BCUT2D eigenvalue weighted by molar-refractivity contribution is 6.42. The van der Waals surface area contributed by atoms with Gasteiger partial charge in [0.05, 0.1) is 15.6 Å². The van der Waals surface area contributed by atoms with E-state index in [0.717, 1.165) is 12.1 Å². The molecule has 0 spiro atoms. The Morgan fingerprint density at radius 2 is 1.48 bits per heavy atom. The second kappa shape index (κ2) is 5.95. The van der Waals surface area contributed by atoms with Crippen LogP contribution in [0.15, 0.2) is 47.6 Å². The monoisotopic (exact) mass is 333 g/mol. The normalized spacial score (nSPS) is 12.5. The molecule has 7 heteroatoms. The van der Waals surface area contributed by atoms with Gasteiger partial charge in [-0.2, -0.15) is 13.2 Å². The van der Waals surface area contributed by atoms with E-state index in [0.29, 0.717) is 16.1 Å². The Balaban J connectivity index is 2.40. The van der Waals surface area contributed by atoms with Gasteiger partial charge >= 0.3 is 6.18 Å². The molecule has 1 N–H and O–H groups in total. The molecule has 0 atom stereocenters. The lowest BCUT2D eigenvalue weighted by atomic mass is 10.0. The molecule has 0 saturated heterocycles. The van der Waals surface area contributed by atoms with Crippen molar-refractivity contribution < 1.29 is 18.4 Å². The van der Waals surface area contributed by atoms with E-state index >= 15 is 0 Å². The molecule has 0 radical (unpaired) electrons. The van der Waals surface area contributed by atoms with Gasteiger partial charge < -0.3 is 5.21 Å². The highest BCUT2D eigenvalue weighted by Crippen LogP contribution is 2.30. The average Bonchev–Trinajstić information content (AvgIpc) is 2.43. The first kappa shape index (κ1) is 15.7. The molecule has 0 fully saturated rings. The number of nitrogens with zero attached hydrogens (tertiary/aromatic N) is 1. The topological polar surface area (TPSA) is 32.6 Å². The van der Waals surface area contributed by atoms with Crippen molar-refractivity contribution in [1.29, 1.82) is 0 Å². The van der Waals surface area contributed by atoms with Gasteiger partial charge in [0.25, 0.3) is 0 Å². The van der Waals surface area contributed by atoms with Crippen LogP contribution in [0.1, 0.15) is 16.7 Å². The Labute approximate surface area is 128 Å². The van der Waals surface area contributed by atoms with Crippen LogP contribution in [0.4, 0.5) is 13.2 Å². The predicted octanol–water partition coefficient (Wildman–Crippen LogP) is 5.24. The summed E-state index contributed by atoms with van der Waals surface area (Å²) in [6, 6.07) is 8.81. The van der Waals surface area contributed by atoms with Crippen molar-refractivity contribution in [3.05, 3.63) is 69.2 Å². The fraction of sp³-hybridized carbons (Fsp3) is 0.0714. The maximum absolute atomic E-state index is 12.5. The van der Waals surface area contributed by atoms with E-state index in [-0.39, 0.29) is 10.7 Å². The van der Waals surface area contributed by atoms with Crippen molar-refractivity contribution in [2.24, 2.45) is 5.16 Å². The second-order valence-corrected chi connectivity index (χ2v) is 4.97. The van der Waals surface area contributed by atoms with Crippen LogP contribution >= 0.6 is 23.2 Å². The SMILES string of the molecule is O/N=C(/c1ccc(C(F)(F)F)cc1)c1ccc(Cl)c(Cl)c1. The zero-order valence-electron chi connectivity index (χ0n) is 10.3. The van der Waals surface area contributed by atoms with Crippen molar-refractivity contribution in [2.75, 3.05) is 0 Å². The molecule has 2 nitrogen and oxygen atoms in total. The Hall–Kier alpha value is -1.72. The minimum absolute atomic E-state index is 0.0993. The van der Waals surface area contributed by atoms with Crippen LogP contribution in [-0.2, 0) is 6.18 Å². The predicted molar refractivity (Wildman–Crippen MR) is 75.3 cm³/mol. The molecule has 110 valence electrons. The average molecular weight is 334 g/mol. The lowest BCUT2D eigenvalue weighted by Gasteiger charge is -2.09. The van der Waals surface area contributed by atoms with Gasteiger partial charge in [0, 0.05) is 11.1 Å². The molecule has 0 amide bonds. The molecule has 0 aliphatic rings. The summed E-state index contributed by atoms with van der Waals surface area (Å²) in [5.41, 5.74) is 0.0792. The molecular weight excluding hydrogens is 326 g/mol. The Morgan fingerprint density at radius 1 is 0.905 bits per heavy atom. The molecule has 21 heavy (non-hydrogen) atoms. The summed E-state index contributed by atoms with van der Waals surface area (Å²) in [6.07, 6.45) is -4.42. The molecule has 0 aliphatic carbocycles. The van der Waals surface area contributed by atoms with Crippen molar-refractivity contribution >= 4 is 28.9 Å². The van der Waals surface area contributed by atoms with Gasteiger partial charge in [-0.25, -0.2) is 0 Å². The molecule has 2 aromatic carbocycles. The summed E-state index contributed by atoms with van der Waals surface area (Å²) < 4.78 is 37.5. The highest BCUT2D eigenvalue weighted by atomic mass is 35.5. The van der Waals surface area contributed by atoms with E-state index < -0.39 is 11.7 Å². The second-order valence-electron chi connectivity index (χ2n) is 4.15. The minimum Gasteiger partial charge on any atom is -0.410 e. The number of oxime groups is 1. The summed E-state index contributed by atoms with van der Waals surface area (Å²) in [4.78, 5) is 0. The van der Waals surface area contributed by atoms with Crippen LogP contribution in [-0.4, -0.2) is 10.9 Å². The number of hydrogen-bond donors (Lipinski definition) is 1. The maximum atomic E-state index is 12.5. The van der Waals surface area contributed by atoms with E-state index in [4.69, 9.17) is 28.4 Å². The van der Waals surface area contributed by atoms with E-state index in [2.05, 4.69) is 5.16 Å². The number of benzene rings is 2. The van der Waals surface area contributed by atoms with Crippen LogP contribution in [0.25, 0.3) is 0 Å². The number of alkyl halides is 3. The van der Waals surface area contributed by atoms with Crippen molar-refractivity contribution in [2.45, 2.75) is 6.18 Å². The van der Waals surface area contributed by atoms with E-state index in [9.17, 15) is 13.2 Å². The summed E-state index contributed by atoms with van der Waals surface area (Å²) in [6.45, 7) is 0. The van der Waals surface area contributed by atoms with Gasteiger partial charge in [-0.1, -0.05) is 46.6 Å². The molecular formula is C14H8Cl2F3NO. The van der Waals surface area contributed by atoms with Gasteiger partial charge in [0.2, 0.25) is 0 Å². The third-order valence-electron chi connectivity index (χ3n) is 2.78. The van der Waals surface area contributed by atoms with Crippen molar-refractivity contribution in [3.8, 4) is 0 Å². The smallest absolute Gasteiger partial charge is 0.410 e. The molecule has 0 aromatic heterocycles. The molecule has 0 aliphatic heterocycles. The van der Waals surface area contributed by atoms with E-state index in [1.807, 2.05) is 0 Å².